The molecule has 3 aromatic rings. The largest absolute Gasteiger partial charge is 0.322 e. The quantitative estimate of drug-likeness (QED) is 0.632. The van der Waals surface area contributed by atoms with Crippen LogP contribution in [0.15, 0.2) is 60.8 Å². The molecule has 0 spiro atoms. The number of halogens is 1. The fourth-order valence-corrected chi connectivity index (χ4v) is 3.02. The van der Waals surface area contributed by atoms with Gasteiger partial charge in [0.05, 0.1) is 0 Å². The van der Waals surface area contributed by atoms with E-state index >= 15 is 0 Å². The minimum absolute atomic E-state index is 0.173. The molecule has 3 rings (SSSR count). The summed E-state index contributed by atoms with van der Waals surface area (Å²) in [7, 11) is 0. The van der Waals surface area contributed by atoms with Crippen molar-refractivity contribution in [3.8, 4) is 0 Å². The summed E-state index contributed by atoms with van der Waals surface area (Å²) in [5.74, 6) is -0.686. The molecule has 142 valence electrons. The highest BCUT2D eigenvalue weighted by Gasteiger charge is 2.14. The summed E-state index contributed by atoms with van der Waals surface area (Å²) in [5.41, 5.74) is 3.80. The average Bonchev–Trinajstić information content (AvgIpc) is 2.70. The molecule has 0 atom stereocenters. The number of pyridine rings is 1. The lowest BCUT2D eigenvalue weighted by Gasteiger charge is -2.11. The van der Waals surface area contributed by atoms with Gasteiger partial charge in [0.2, 0.25) is 0 Å². The molecule has 0 aliphatic carbocycles. The number of aryl methyl sites for hydroxylation is 2. The van der Waals surface area contributed by atoms with Crippen LogP contribution in [-0.2, 0) is 6.42 Å². The molecule has 28 heavy (non-hydrogen) atoms. The van der Waals surface area contributed by atoms with Crippen LogP contribution < -0.4 is 10.6 Å². The molecule has 1 aromatic heterocycles. The molecule has 0 saturated heterocycles. The number of carbonyl (C=O) groups excluding carboxylic acids is 2. The Balaban J connectivity index is 1.77. The second-order valence-corrected chi connectivity index (χ2v) is 6.74. The van der Waals surface area contributed by atoms with Crippen LogP contribution in [0.5, 0.6) is 0 Å². The number of hydrogen-bond acceptors (Lipinski definition) is 3. The summed E-state index contributed by atoms with van der Waals surface area (Å²) < 4.78 is 0. The van der Waals surface area contributed by atoms with E-state index in [2.05, 4.69) is 15.6 Å². The molecule has 0 unspecified atom stereocenters. The van der Waals surface area contributed by atoms with E-state index in [1.807, 2.05) is 38.1 Å². The summed E-state index contributed by atoms with van der Waals surface area (Å²) >= 11 is 5.95. The number of anilines is 2. The lowest BCUT2D eigenvalue weighted by molar-refractivity contribution is 0.102. The predicted octanol–water partition coefficient (Wildman–Crippen LogP) is 5.11. The summed E-state index contributed by atoms with van der Waals surface area (Å²) in [6, 6.07) is 15.9. The Hall–Kier alpha value is -3.18. The van der Waals surface area contributed by atoms with E-state index in [9.17, 15) is 9.59 Å². The maximum Gasteiger partial charge on any atom is 0.274 e. The van der Waals surface area contributed by atoms with E-state index in [0.29, 0.717) is 16.3 Å². The van der Waals surface area contributed by atoms with Crippen molar-refractivity contribution in [2.24, 2.45) is 0 Å². The minimum Gasteiger partial charge on any atom is -0.322 e. The van der Waals surface area contributed by atoms with Crippen molar-refractivity contribution in [3.63, 3.8) is 0 Å². The van der Waals surface area contributed by atoms with Gasteiger partial charge in [0, 0.05) is 28.2 Å². The van der Waals surface area contributed by atoms with Crippen LogP contribution >= 0.6 is 11.6 Å². The first-order chi connectivity index (χ1) is 13.5. The van der Waals surface area contributed by atoms with Gasteiger partial charge in [0.25, 0.3) is 11.8 Å². The zero-order chi connectivity index (χ0) is 20.1. The lowest BCUT2D eigenvalue weighted by Crippen LogP contribution is -2.17. The Kier molecular flexibility index (Phi) is 6.06. The summed E-state index contributed by atoms with van der Waals surface area (Å²) in [6.07, 6.45) is 2.25. The Morgan fingerprint density at radius 2 is 1.71 bits per heavy atom. The molecule has 2 aromatic carbocycles. The van der Waals surface area contributed by atoms with Crippen LogP contribution in [0.2, 0.25) is 5.02 Å². The Morgan fingerprint density at radius 3 is 2.46 bits per heavy atom. The molecule has 0 fully saturated rings. The van der Waals surface area contributed by atoms with Crippen LogP contribution in [0, 0.1) is 6.92 Å². The van der Waals surface area contributed by atoms with Crippen molar-refractivity contribution in [1.82, 2.24) is 4.98 Å². The van der Waals surface area contributed by atoms with Gasteiger partial charge in [0.15, 0.2) is 0 Å². The molecular formula is C22H20ClN3O2. The van der Waals surface area contributed by atoms with Crippen LogP contribution in [0.25, 0.3) is 0 Å². The third-order valence-electron chi connectivity index (χ3n) is 4.34. The number of para-hydroxylation sites is 1. The van der Waals surface area contributed by atoms with Crippen molar-refractivity contribution in [1.29, 1.82) is 0 Å². The standard InChI is InChI=1S/C22H20ClN3O2/c1-3-15-6-4-5-7-19(15)26-22(28)20-13-16(10-11-24-20)21(27)25-18-9-8-17(23)12-14(18)2/h4-13H,3H2,1-2H3,(H,25,27)(H,26,28). The fourth-order valence-electron chi connectivity index (χ4n) is 2.79. The molecule has 0 bridgehead atoms. The van der Waals surface area contributed by atoms with E-state index in [4.69, 9.17) is 11.6 Å². The monoisotopic (exact) mass is 393 g/mol. The molecule has 1 heterocycles. The van der Waals surface area contributed by atoms with Crippen LogP contribution in [0.4, 0.5) is 11.4 Å². The Morgan fingerprint density at radius 1 is 0.964 bits per heavy atom. The highest BCUT2D eigenvalue weighted by Crippen LogP contribution is 2.21. The minimum atomic E-state index is -0.363. The molecule has 5 nitrogen and oxygen atoms in total. The number of carbonyl (C=O) groups is 2. The molecule has 2 N–H and O–H groups in total. The van der Waals surface area contributed by atoms with Crippen molar-refractivity contribution >= 4 is 34.8 Å². The number of nitrogens with one attached hydrogen (secondary N) is 2. The van der Waals surface area contributed by atoms with Gasteiger partial charge in [-0.15, -0.1) is 0 Å². The Labute approximate surface area is 168 Å². The van der Waals surface area contributed by atoms with Gasteiger partial charge in [-0.05, 0) is 60.9 Å². The first-order valence-corrected chi connectivity index (χ1v) is 9.28. The molecular weight excluding hydrogens is 374 g/mol. The third kappa shape index (κ3) is 4.56. The smallest absolute Gasteiger partial charge is 0.274 e. The van der Waals surface area contributed by atoms with Gasteiger partial charge in [-0.25, -0.2) is 0 Å². The number of nitrogens with zero attached hydrogens (tertiary/aromatic N) is 1. The molecule has 0 radical (unpaired) electrons. The second kappa shape index (κ2) is 8.67. The molecule has 0 aliphatic rings. The van der Waals surface area contributed by atoms with E-state index in [-0.39, 0.29) is 17.5 Å². The number of hydrogen-bond donors (Lipinski definition) is 2. The van der Waals surface area contributed by atoms with Crippen molar-refractivity contribution in [3.05, 3.63) is 88.2 Å². The average molecular weight is 394 g/mol. The lowest BCUT2D eigenvalue weighted by atomic mass is 10.1. The molecule has 2 amide bonds. The SMILES string of the molecule is CCc1ccccc1NC(=O)c1cc(C(=O)Nc2ccc(Cl)cc2C)ccn1. The van der Waals surface area contributed by atoms with Crippen LogP contribution in [-0.4, -0.2) is 16.8 Å². The zero-order valence-electron chi connectivity index (χ0n) is 15.6. The number of amides is 2. The van der Waals surface area contributed by atoms with Gasteiger partial charge < -0.3 is 10.6 Å². The predicted molar refractivity (Wildman–Crippen MR) is 112 cm³/mol. The second-order valence-electron chi connectivity index (χ2n) is 6.31. The molecule has 6 heteroatoms. The molecule has 0 aliphatic heterocycles. The van der Waals surface area contributed by atoms with Gasteiger partial charge in [0.1, 0.15) is 5.69 Å². The first kappa shape index (κ1) is 19.6. The van der Waals surface area contributed by atoms with E-state index in [1.165, 1.54) is 12.3 Å². The summed E-state index contributed by atoms with van der Waals surface area (Å²) in [5, 5.41) is 6.29. The number of benzene rings is 2. The van der Waals surface area contributed by atoms with E-state index in [1.54, 1.807) is 24.3 Å². The number of aromatic nitrogens is 1. The first-order valence-electron chi connectivity index (χ1n) is 8.90. The van der Waals surface area contributed by atoms with Gasteiger partial charge in [-0.3, -0.25) is 14.6 Å². The fraction of sp³-hybridized carbons (Fsp3) is 0.136. The van der Waals surface area contributed by atoms with E-state index < -0.39 is 0 Å². The highest BCUT2D eigenvalue weighted by molar-refractivity contribution is 6.30. The third-order valence-corrected chi connectivity index (χ3v) is 4.57. The maximum atomic E-state index is 12.6. The van der Waals surface area contributed by atoms with Gasteiger partial charge in [-0.1, -0.05) is 36.7 Å². The number of rotatable bonds is 5. The van der Waals surface area contributed by atoms with Crippen LogP contribution in [0.3, 0.4) is 0 Å². The summed E-state index contributed by atoms with van der Waals surface area (Å²) in [4.78, 5) is 29.3. The highest BCUT2D eigenvalue weighted by atomic mass is 35.5. The normalized spacial score (nSPS) is 10.4. The topological polar surface area (TPSA) is 71.1 Å². The zero-order valence-corrected chi connectivity index (χ0v) is 16.4. The van der Waals surface area contributed by atoms with E-state index in [0.717, 1.165) is 23.2 Å². The van der Waals surface area contributed by atoms with Crippen molar-refractivity contribution in [2.45, 2.75) is 20.3 Å². The maximum absolute atomic E-state index is 12.6. The van der Waals surface area contributed by atoms with Crippen LogP contribution in [0.1, 0.15) is 38.9 Å². The van der Waals surface area contributed by atoms with Gasteiger partial charge >= 0.3 is 0 Å². The molecule has 0 saturated carbocycles. The van der Waals surface area contributed by atoms with Crippen molar-refractivity contribution in [2.75, 3.05) is 10.6 Å². The van der Waals surface area contributed by atoms with Gasteiger partial charge in [-0.2, -0.15) is 0 Å². The van der Waals surface area contributed by atoms with Crippen molar-refractivity contribution < 1.29 is 9.59 Å². The summed E-state index contributed by atoms with van der Waals surface area (Å²) in [6.45, 7) is 3.88. The Bertz CT molecular complexity index is 1030.